The smallest absolute Gasteiger partial charge is 0.254 e. The van der Waals surface area contributed by atoms with E-state index in [1.807, 2.05) is 17.7 Å². The third-order valence-corrected chi connectivity index (χ3v) is 7.02. The highest BCUT2D eigenvalue weighted by molar-refractivity contribution is 7.89. The zero-order chi connectivity index (χ0) is 20.5. The number of imidazole rings is 1. The van der Waals surface area contributed by atoms with Gasteiger partial charge in [0.2, 0.25) is 10.0 Å². The van der Waals surface area contributed by atoms with Crippen LogP contribution in [0.3, 0.4) is 0 Å². The minimum absolute atomic E-state index is 0.0843. The number of nitrogens with zero attached hydrogens (tertiary/aromatic N) is 3. The molecule has 0 fully saturated rings. The summed E-state index contributed by atoms with van der Waals surface area (Å²) in [6.45, 7) is 6.52. The van der Waals surface area contributed by atoms with Gasteiger partial charge in [-0.05, 0) is 31.5 Å². The average molecular weight is 408 g/mol. The molecule has 9 heteroatoms. The molecule has 1 N–H and O–H groups in total. The van der Waals surface area contributed by atoms with Crippen molar-refractivity contribution in [1.29, 1.82) is 0 Å². The first-order valence-electron chi connectivity index (χ1n) is 9.39. The number of carbonyl (C=O) groups excluding carboxylic acids is 1. The molecule has 1 aliphatic heterocycles. The van der Waals surface area contributed by atoms with Gasteiger partial charge in [-0.1, -0.05) is 13.8 Å². The summed E-state index contributed by atoms with van der Waals surface area (Å²) in [7, 11) is -3.77. The van der Waals surface area contributed by atoms with Crippen molar-refractivity contribution in [1.82, 2.24) is 19.2 Å². The van der Waals surface area contributed by atoms with Gasteiger partial charge in [0.25, 0.3) is 5.91 Å². The maximum atomic E-state index is 14.3. The Balaban J connectivity index is 1.81. The van der Waals surface area contributed by atoms with Crippen LogP contribution in [-0.2, 0) is 23.0 Å². The van der Waals surface area contributed by atoms with Crippen molar-refractivity contribution >= 4 is 15.9 Å². The second kappa shape index (κ2) is 8.00. The number of carbonyl (C=O) groups is 1. The van der Waals surface area contributed by atoms with Gasteiger partial charge in [0, 0.05) is 38.3 Å². The summed E-state index contributed by atoms with van der Waals surface area (Å²) in [5.74, 6) is -0.383. The van der Waals surface area contributed by atoms with Gasteiger partial charge in [-0.25, -0.2) is 17.8 Å². The Kier molecular flexibility index (Phi) is 5.85. The van der Waals surface area contributed by atoms with E-state index >= 15 is 0 Å². The molecule has 0 aliphatic carbocycles. The molecule has 152 valence electrons. The molecule has 2 heterocycles. The first kappa shape index (κ1) is 20.5. The molecule has 3 rings (SSSR count). The van der Waals surface area contributed by atoms with Crippen molar-refractivity contribution in [3.8, 4) is 0 Å². The van der Waals surface area contributed by atoms with Gasteiger partial charge in [0.15, 0.2) is 0 Å². The van der Waals surface area contributed by atoms with Crippen molar-refractivity contribution in [2.45, 2.75) is 51.1 Å². The van der Waals surface area contributed by atoms with Crippen molar-refractivity contribution in [3.05, 3.63) is 47.3 Å². The second-order valence-electron chi connectivity index (χ2n) is 6.89. The topological polar surface area (TPSA) is 84.3 Å². The number of halogens is 1. The Hall–Kier alpha value is -2.26. The SMILES string of the molecule is CCN(CC)S(=O)(=O)c1ccc(F)c(C(=O)NC2CCc3nc(C)cn3C2)c1. The Labute approximate surface area is 164 Å². The van der Waals surface area contributed by atoms with Crippen molar-refractivity contribution < 1.29 is 17.6 Å². The van der Waals surface area contributed by atoms with Crippen LogP contribution >= 0.6 is 0 Å². The van der Waals surface area contributed by atoms with E-state index in [2.05, 4.69) is 10.3 Å². The van der Waals surface area contributed by atoms with Crippen molar-refractivity contribution in [2.24, 2.45) is 0 Å². The molecule has 0 spiro atoms. The van der Waals surface area contributed by atoms with E-state index < -0.39 is 21.7 Å². The van der Waals surface area contributed by atoms with E-state index in [-0.39, 0.29) is 16.5 Å². The summed E-state index contributed by atoms with van der Waals surface area (Å²) in [6.07, 6.45) is 3.34. The van der Waals surface area contributed by atoms with E-state index in [9.17, 15) is 17.6 Å². The van der Waals surface area contributed by atoms with Gasteiger partial charge in [-0.3, -0.25) is 4.79 Å². The molecule has 1 unspecified atom stereocenters. The average Bonchev–Trinajstić information content (AvgIpc) is 3.01. The number of nitrogens with one attached hydrogen (secondary N) is 1. The number of hydrogen-bond acceptors (Lipinski definition) is 4. The molecule has 1 atom stereocenters. The van der Waals surface area contributed by atoms with Gasteiger partial charge >= 0.3 is 0 Å². The van der Waals surface area contributed by atoms with Crippen LogP contribution in [0.1, 0.15) is 42.1 Å². The number of sulfonamides is 1. The molecule has 28 heavy (non-hydrogen) atoms. The molecule has 1 aromatic carbocycles. The first-order valence-corrected chi connectivity index (χ1v) is 10.8. The summed E-state index contributed by atoms with van der Waals surface area (Å²) >= 11 is 0. The lowest BCUT2D eigenvalue weighted by molar-refractivity contribution is 0.0923. The fourth-order valence-corrected chi connectivity index (χ4v) is 5.00. The fourth-order valence-electron chi connectivity index (χ4n) is 3.52. The monoisotopic (exact) mass is 408 g/mol. The zero-order valence-electron chi connectivity index (χ0n) is 16.3. The Morgan fingerprint density at radius 3 is 2.75 bits per heavy atom. The predicted octanol–water partition coefficient (Wildman–Crippen LogP) is 2.11. The van der Waals surface area contributed by atoms with Crippen molar-refractivity contribution in [3.63, 3.8) is 0 Å². The lowest BCUT2D eigenvalue weighted by Crippen LogP contribution is -2.41. The van der Waals surface area contributed by atoms with Crippen LogP contribution in [0.5, 0.6) is 0 Å². The number of benzene rings is 1. The Morgan fingerprint density at radius 2 is 2.07 bits per heavy atom. The number of hydrogen-bond donors (Lipinski definition) is 1. The summed E-state index contributed by atoms with van der Waals surface area (Å²) in [5.41, 5.74) is 0.656. The van der Waals surface area contributed by atoms with Crippen LogP contribution in [0.4, 0.5) is 4.39 Å². The molecule has 0 bridgehead atoms. The van der Waals surface area contributed by atoms with Crippen LogP contribution in [-0.4, -0.2) is 47.3 Å². The number of rotatable bonds is 6. The third kappa shape index (κ3) is 3.95. The molecule has 1 aromatic heterocycles. The molecule has 0 saturated carbocycles. The maximum Gasteiger partial charge on any atom is 0.254 e. The lowest BCUT2D eigenvalue weighted by Gasteiger charge is -2.25. The molecular weight excluding hydrogens is 383 g/mol. The Morgan fingerprint density at radius 1 is 1.36 bits per heavy atom. The predicted molar refractivity (Wildman–Crippen MR) is 103 cm³/mol. The molecule has 7 nitrogen and oxygen atoms in total. The van der Waals surface area contributed by atoms with Crippen molar-refractivity contribution in [2.75, 3.05) is 13.1 Å². The lowest BCUT2D eigenvalue weighted by atomic mass is 10.1. The molecule has 0 saturated heterocycles. The Bertz CT molecular complexity index is 983. The van der Waals surface area contributed by atoms with Crippen LogP contribution in [0.2, 0.25) is 0 Å². The van der Waals surface area contributed by atoms with Crippen LogP contribution < -0.4 is 5.32 Å². The van der Waals surface area contributed by atoms with Gasteiger partial charge in [-0.2, -0.15) is 4.31 Å². The van der Waals surface area contributed by atoms with E-state index in [1.54, 1.807) is 13.8 Å². The second-order valence-corrected chi connectivity index (χ2v) is 8.83. The zero-order valence-corrected chi connectivity index (χ0v) is 17.1. The highest BCUT2D eigenvalue weighted by atomic mass is 32.2. The largest absolute Gasteiger partial charge is 0.347 e. The van der Waals surface area contributed by atoms with E-state index in [1.165, 1.54) is 10.4 Å². The van der Waals surface area contributed by atoms with Gasteiger partial charge < -0.3 is 9.88 Å². The first-order chi connectivity index (χ1) is 13.3. The molecule has 2 aromatic rings. The summed E-state index contributed by atoms with van der Waals surface area (Å²) < 4.78 is 42.9. The molecule has 0 radical (unpaired) electrons. The number of amides is 1. The van der Waals surface area contributed by atoms with Gasteiger partial charge in [0.05, 0.1) is 16.2 Å². The van der Waals surface area contributed by atoms with E-state index in [0.717, 1.165) is 30.1 Å². The minimum atomic E-state index is -3.77. The highest BCUT2D eigenvalue weighted by Gasteiger charge is 2.26. The molecule has 1 aliphatic rings. The van der Waals surface area contributed by atoms with E-state index in [0.29, 0.717) is 26.1 Å². The molecular formula is C19H25FN4O3S. The normalized spacial score (nSPS) is 16.8. The number of fused-ring (bicyclic) bond motifs is 1. The van der Waals surface area contributed by atoms with Crippen LogP contribution in [0, 0.1) is 12.7 Å². The van der Waals surface area contributed by atoms with Crippen LogP contribution in [0.15, 0.2) is 29.3 Å². The van der Waals surface area contributed by atoms with E-state index in [4.69, 9.17) is 0 Å². The summed E-state index contributed by atoms with van der Waals surface area (Å²) in [4.78, 5) is 17.0. The third-order valence-electron chi connectivity index (χ3n) is 4.97. The van der Waals surface area contributed by atoms with Gasteiger partial charge in [0.1, 0.15) is 11.6 Å². The quantitative estimate of drug-likeness (QED) is 0.793. The fraction of sp³-hybridized carbons (Fsp3) is 0.474. The standard InChI is InChI=1S/C19H25FN4O3S/c1-4-24(5-2)28(26,27)15-7-8-17(20)16(10-15)19(25)22-14-6-9-18-21-13(3)11-23(18)12-14/h7-8,10-11,14H,4-6,9,12H2,1-3H3,(H,22,25). The highest BCUT2D eigenvalue weighted by Crippen LogP contribution is 2.20. The van der Waals surface area contributed by atoms with Crippen LogP contribution in [0.25, 0.3) is 0 Å². The minimum Gasteiger partial charge on any atom is -0.347 e. The maximum absolute atomic E-state index is 14.3. The number of aryl methyl sites for hydroxylation is 2. The number of aromatic nitrogens is 2. The molecule has 1 amide bonds. The summed E-state index contributed by atoms with van der Waals surface area (Å²) in [6, 6.07) is 3.18. The summed E-state index contributed by atoms with van der Waals surface area (Å²) in [5, 5.41) is 2.83. The van der Waals surface area contributed by atoms with Gasteiger partial charge in [-0.15, -0.1) is 0 Å².